The van der Waals surface area contributed by atoms with Gasteiger partial charge in [-0.25, -0.2) is 0 Å². The van der Waals surface area contributed by atoms with Crippen LogP contribution in [0, 0.1) is 0 Å². The van der Waals surface area contributed by atoms with Crippen LogP contribution in [0.15, 0.2) is 0 Å². The Labute approximate surface area is 271 Å². The average Bonchev–Trinajstić information content (AvgIpc) is 3.03. The summed E-state index contributed by atoms with van der Waals surface area (Å²) in [6, 6.07) is 0. The number of hydrogen-bond donors (Lipinski definition) is 0. The first-order chi connectivity index (χ1) is 22.2. The first-order valence-corrected chi connectivity index (χ1v) is 16.7. The van der Waals surface area contributed by atoms with Gasteiger partial charge in [-0.05, 0) is 6.42 Å². The molecule has 0 bridgehead atoms. The van der Waals surface area contributed by atoms with Gasteiger partial charge in [-0.1, -0.05) is 45.4 Å². The maximum Gasteiger partial charge on any atom is 0.305 e. The summed E-state index contributed by atoms with van der Waals surface area (Å²) in [4.78, 5) is 22.3. The molecule has 0 heterocycles. The van der Waals surface area contributed by atoms with E-state index in [2.05, 4.69) is 6.92 Å². The zero-order valence-electron chi connectivity index (χ0n) is 28.1. The molecule has 0 aromatic carbocycles. The molecule has 0 saturated carbocycles. The predicted octanol–water partition coefficient (Wildman–Crippen LogP) is 3.38. The Bertz CT molecular complexity index is 610. The van der Waals surface area contributed by atoms with E-state index in [4.69, 9.17) is 52.1 Å². The van der Waals surface area contributed by atoms with Crippen LogP contribution in [0.3, 0.4) is 0 Å². The van der Waals surface area contributed by atoms with Gasteiger partial charge in [-0.15, -0.1) is 0 Å². The van der Waals surface area contributed by atoms with Crippen LogP contribution in [0.4, 0.5) is 0 Å². The molecule has 0 aliphatic heterocycles. The van der Waals surface area contributed by atoms with Crippen molar-refractivity contribution in [3.8, 4) is 0 Å². The molecule has 45 heavy (non-hydrogen) atoms. The molecule has 0 N–H and O–H groups in total. The summed E-state index contributed by atoms with van der Waals surface area (Å²) in [6.45, 7) is 12.5. The molecular weight excluding hydrogens is 592 g/mol. The minimum Gasteiger partial charge on any atom is -0.463 e. The number of carbonyl (C=O) groups excluding carboxylic acids is 2. The lowest BCUT2D eigenvalue weighted by Crippen LogP contribution is -2.15. The van der Waals surface area contributed by atoms with E-state index in [-0.39, 0.29) is 25.2 Å². The SMILES string of the molecule is CCCCCCCCCC(=O)OCCOCCOCCOCCOCCOCCOCCOCCOCCOCCOC(C)=O. The molecular formula is C32H62O13. The summed E-state index contributed by atoms with van der Waals surface area (Å²) in [6.07, 6.45) is 8.78. The second-order valence-electron chi connectivity index (χ2n) is 9.94. The highest BCUT2D eigenvalue weighted by molar-refractivity contribution is 5.69. The second-order valence-corrected chi connectivity index (χ2v) is 9.94. The Balaban J connectivity index is 3.10. The van der Waals surface area contributed by atoms with Crippen molar-refractivity contribution in [2.75, 3.05) is 132 Å². The minimum atomic E-state index is -0.312. The van der Waals surface area contributed by atoms with E-state index in [9.17, 15) is 9.59 Å². The summed E-state index contributed by atoms with van der Waals surface area (Å²) >= 11 is 0. The molecule has 13 nitrogen and oxygen atoms in total. The Morgan fingerprint density at radius 2 is 0.622 bits per heavy atom. The molecule has 0 fully saturated rings. The van der Waals surface area contributed by atoms with E-state index in [1.54, 1.807) is 0 Å². The van der Waals surface area contributed by atoms with Crippen LogP contribution in [0.2, 0.25) is 0 Å². The van der Waals surface area contributed by atoms with Gasteiger partial charge in [0.25, 0.3) is 0 Å². The molecule has 0 rings (SSSR count). The van der Waals surface area contributed by atoms with E-state index < -0.39 is 0 Å². The van der Waals surface area contributed by atoms with Gasteiger partial charge in [0.2, 0.25) is 0 Å². The van der Waals surface area contributed by atoms with Crippen LogP contribution >= 0.6 is 0 Å². The van der Waals surface area contributed by atoms with Gasteiger partial charge in [0.1, 0.15) is 13.2 Å². The number of carbonyl (C=O) groups is 2. The van der Waals surface area contributed by atoms with Crippen molar-refractivity contribution < 1.29 is 61.7 Å². The molecule has 0 aromatic rings. The third-order valence-electron chi connectivity index (χ3n) is 5.98. The maximum absolute atomic E-state index is 11.7. The molecule has 0 aromatic heterocycles. The lowest BCUT2D eigenvalue weighted by Gasteiger charge is -2.09. The lowest BCUT2D eigenvalue weighted by molar-refractivity contribution is -0.145. The molecule has 0 aliphatic rings. The van der Waals surface area contributed by atoms with E-state index in [1.165, 1.54) is 39.0 Å². The summed E-state index contributed by atoms with van der Waals surface area (Å²) in [5.41, 5.74) is 0. The highest BCUT2D eigenvalue weighted by Crippen LogP contribution is 2.08. The fourth-order valence-electron chi connectivity index (χ4n) is 3.62. The van der Waals surface area contributed by atoms with Crippen LogP contribution in [0.5, 0.6) is 0 Å². The summed E-state index contributed by atoms with van der Waals surface area (Å²) in [5.74, 6) is -0.456. The van der Waals surface area contributed by atoms with Crippen molar-refractivity contribution in [3.63, 3.8) is 0 Å². The second kappa shape index (κ2) is 38.8. The smallest absolute Gasteiger partial charge is 0.305 e. The number of hydrogen-bond acceptors (Lipinski definition) is 13. The number of esters is 2. The van der Waals surface area contributed by atoms with E-state index in [0.29, 0.717) is 125 Å². The molecule has 0 atom stereocenters. The topological polar surface area (TPSA) is 136 Å². The molecule has 13 heteroatoms. The van der Waals surface area contributed by atoms with Gasteiger partial charge in [0.15, 0.2) is 0 Å². The average molecular weight is 655 g/mol. The van der Waals surface area contributed by atoms with Crippen molar-refractivity contribution >= 4 is 11.9 Å². The van der Waals surface area contributed by atoms with Crippen LogP contribution in [-0.4, -0.2) is 144 Å². The van der Waals surface area contributed by atoms with Crippen molar-refractivity contribution in [3.05, 3.63) is 0 Å². The zero-order chi connectivity index (χ0) is 32.7. The van der Waals surface area contributed by atoms with Crippen molar-refractivity contribution in [1.82, 2.24) is 0 Å². The van der Waals surface area contributed by atoms with Gasteiger partial charge >= 0.3 is 11.9 Å². The van der Waals surface area contributed by atoms with Crippen LogP contribution in [0.25, 0.3) is 0 Å². The summed E-state index contributed by atoms with van der Waals surface area (Å²) in [5, 5.41) is 0. The van der Waals surface area contributed by atoms with Crippen LogP contribution in [-0.2, 0) is 61.7 Å². The molecule has 0 unspecified atom stereocenters. The molecule has 0 saturated heterocycles. The highest BCUT2D eigenvalue weighted by atomic mass is 16.6. The zero-order valence-corrected chi connectivity index (χ0v) is 28.1. The van der Waals surface area contributed by atoms with E-state index in [1.807, 2.05) is 0 Å². The number of rotatable bonds is 38. The normalized spacial score (nSPS) is 11.2. The fraction of sp³-hybridized carbons (Fsp3) is 0.938. The first kappa shape index (κ1) is 43.6. The van der Waals surface area contributed by atoms with Crippen LogP contribution in [0.1, 0.15) is 65.2 Å². The maximum atomic E-state index is 11.7. The van der Waals surface area contributed by atoms with Gasteiger partial charge in [0, 0.05) is 13.3 Å². The molecule has 0 radical (unpaired) electrons. The number of unbranched alkanes of at least 4 members (excludes halogenated alkanes) is 6. The molecule has 0 spiro atoms. The largest absolute Gasteiger partial charge is 0.463 e. The highest BCUT2D eigenvalue weighted by Gasteiger charge is 2.03. The Morgan fingerprint density at radius 3 is 0.933 bits per heavy atom. The Kier molecular flexibility index (Phi) is 37.5. The summed E-state index contributed by atoms with van der Waals surface area (Å²) < 4.78 is 58.7. The lowest BCUT2D eigenvalue weighted by atomic mass is 10.1. The third kappa shape index (κ3) is 40.6. The fourth-order valence-corrected chi connectivity index (χ4v) is 3.62. The third-order valence-corrected chi connectivity index (χ3v) is 5.98. The Morgan fingerprint density at radius 1 is 0.356 bits per heavy atom. The van der Waals surface area contributed by atoms with Crippen molar-refractivity contribution in [2.45, 2.75) is 65.2 Å². The Hall–Kier alpha value is -1.42. The minimum absolute atomic E-state index is 0.144. The van der Waals surface area contributed by atoms with Crippen molar-refractivity contribution in [2.24, 2.45) is 0 Å². The molecule has 0 amide bonds. The predicted molar refractivity (Wildman–Crippen MR) is 168 cm³/mol. The van der Waals surface area contributed by atoms with Crippen LogP contribution < -0.4 is 0 Å². The van der Waals surface area contributed by atoms with Crippen molar-refractivity contribution in [1.29, 1.82) is 0 Å². The first-order valence-electron chi connectivity index (χ1n) is 16.7. The summed E-state index contributed by atoms with van der Waals surface area (Å²) in [7, 11) is 0. The van der Waals surface area contributed by atoms with Gasteiger partial charge in [0.05, 0.1) is 119 Å². The van der Waals surface area contributed by atoms with Gasteiger partial charge in [-0.3, -0.25) is 9.59 Å². The van der Waals surface area contributed by atoms with Gasteiger partial charge in [-0.2, -0.15) is 0 Å². The van der Waals surface area contributed by atoms with E-state index >= 15 is 0 Å². The number of ether oxygens (including phenoxy) is 11. The van der Waals surface area contributed by atoms with E-state index in [0.717, 1.165) is 12.8 Å². The quantitative estimate of drug-likeness (QED) is 0.0712. The molecule has 268 valence electrons. The molecule has 0 aliphatic carbocycles. The van der Waals surface area contributed by atoms with Gasteiger partial charge < -0.3 is 52.1 Å². The monoisotopic (exact) mass is 654 g/mol. The standard InChI is InChI=1S/C32H62O13/c1-3-4-5-6-7-8-9-10-32(34)45-30-28-43-26-24-41-22-20-39-18-16-37-14-12-35-11-13-36-15-17-38-19-21-40-23-25-42-27-29-44-31(2)33/h3-30H2,1-2H3.